The molecule has 7 heteroatoms. The summed E-state index contributed by atoms with van der Waals surface area (Å²) in [6.07, 6.45) is 2.02. The molecule has 0 bridgehead atoms. The number of fused-ring (bicyclic) bond motifs is 1. The minimum absolute atomic E-state index is 0.0333. The van der Waals surface area contributed by atoms with Gasteiger partial charge in [-0.15, -0.1) is 0 Å². The van der Waals surface area contributed by atoms with Crippen LogP contribution in [0.4, 0.5) is 4.39 Å². The summed E-state index contributed by atoms with van der Waals surface area (Å²) in [4.78, 5) is 18.3. The van der Waals surface area contributed by atoms with Gasteiger partial charge in [0.2, 0.25) is 5.91 Å². The molecule has 0 saturated heterocycles. The molecule has 6 nitrogen and oxygen atoms in total. The average molecular weight is 396 g/mol. The van der Waals surface area contributed by atoms with Gasteiger partial charge in [-0.3, -0.25) is 4.79 Å². The van der Waals surface area contributed by atoms with Crippen molar-refractivity contribution in [1.82, 2.24) is 9.88 Å². The van der Waals surface area contributed by atoms with E-state index in [1.54, 1.807) is 30.3 Å². The second-order valence-corrected chi connectivity index (χ2v) is 6.90. The van der Waals surface area contributed by atoms with E-state index in [9.17, 15) is 9.18 Å². The SMILES string of the molecule is CN(CC1COc2ccccc2O1)C(=O)CCc1ncc(-c2ccc(F)cc2)o1. The first-order valence-corrected chi connectivity index (χ1v) is 9.41. The van der Waals surface area contributed by atoms with Crippen molar-refractivity contribution in [2.75, 3.05) is 20.2 Å². The van der Waals surface area contributed by atoms with Gasteiger partial charge in [0.15, 0.2) is 29.3 Å². The number of hydrogen-bond donors (Lipinski definition) is 0. The van der Waals surface area contributed by atoms with Gasteiger partial charge in [0, 0.05) is 25.5 Å². The molecule has 1 unspecified atom stereocenters. The predicted octanol–water partition coefficient (Wildman–Crippen LogP) is 3.71. The molecule has 2 heterocycles. The molecule has 0 radical (unpaired) electrons. The highest BCUT2D eigenvalue weighted by Gasteiger charge is 2.23. The van der Waals surface area contributed by atoms with Crippen LogP contribution in [0.25, 0.3) is 11.3 Å². The van der Waals surface area contributed by atoms with Crippen molar-refractivity contribution >= 4 is 5.91 Å². The number of oxazole rings is 1. The number of likely N-dealkylation sites (N-methyl/N-ethyl adjacent to an activating group) is 1. The highest BCUT2D eigenvalue weighted by Crippen LogP contribution is 2.31. The van der Waals surface area contributed by atoms with E-state index < -0.39 is 0 Å². The lowest BCUT2D eigenvalue weighted by Gasteiger charge is -2.29. The van der Waals surface area contributed by atoms with Gasteiger partial charge in [-0.05, 0) is 36.4 Å². The van der Waals surface area contributed by atoms with Crippen molar-refractivity contribution in [2.24, 2.45) is 0 Å². The fourth-order valence-corrected chi connectivity index (χ4v) is 3.14. The van der Waals surface area contributed by atoms with Crippen molar-refractivity contribution in [3.63, 3.8) is 0 Å². The smallest absolute Gasteiger partial charge is 0.222 e. The first kappa shape index (κ1) is 19.0. The number of benzene rings is 2. The lowest BCUT2D eigenvalue weighted by Crippen LogP contribution is -2.41. The Labute approximate surface area is 167 Å². The van der Waals surface area contributed by atoms with E-state index in [0.29, 0.717) is 37.0 Å². The summed E-state index contributed by atoms with van der Waals surface area (Å²) in [5.74, 6) is 2.09. The molecule has 3 aromatic rings. The standard InChI is InChI=1S/C22H21FN2O4/c1-25(13-17-14-27-18-4-2-3-5-19(18)28-17)22(26)11-10-21-24-12-20(29-21)15-6-8-16(23)9-7-15/h2-9,12,17H,10-11,13-14H2,1H3. The Kier molecular flexibility index (Phi) is 5.46. The van der Waals surface area contributed by atoms with Crippen LogP contribution < -0.4 is 9.47 Å². The number of hydrogen-bond acceptors (Lipinski definition) is 5. The van der Waals surface area contributed by atoms with Crippen LogP contribution in [0.2, 0.25) is 0 Å². The molecular weight excluding hydrogens is 375 g/mol. The van der Waals surface area contributed by atoms with E-state index in [0.717, 1.165) is 11.3 Å². The lowest BCUT2D eigenvalue weighted by atomic mass is 10.2. The van der Waals surface area contributed by atoms with E-state index in [1.807, 2.05) is 24.3 Å². The number of aromatic nitrogens is 1. The lowest BCUT2D eigenvalue weighted by molar-refractivity contribution is -0.131. The van der Waals surface area contributed by atoms with E-state index in [2.05, 4.69) is 4.98 Å². The Bertz CT molecular complexity index is 986. The van der Waals surface area contributed by atoms with Crippen molar-refractivity contribution in [3.8, 4) is 22.8 Å². The van der Waals surface area contributed by atoms with Crippen LogP contribution >= 0.6 is 0 Å². The van der Waals surface area contributed by atoms with Gasteiger partial charge in [-0.25, -0.2) is 9.37 Å². The van der Waals surface area contributed by atoms with E-state index in [4.69, 9.17) is 13.9 Å². The van der Waals surface area contributed by atoms with Crippen molar-refractivity contribution in [2.45, 2.75) is 18.9 Å². The maximum Gasteiger partial charge on any atom is 0.222 e. The molecule has 1 atom stereocenters. The van der Waals surface area contributed by atoms with Crippen LogP contribution in [0.15, 0.2) is 59.1 Å². The van der Waals surface area contributed by atoms with Crippen molar-refractivity contribution in [3.05, 3.63) is 66.4 Å². The zero-order valence-electron chi connectivity index (χ0n) is 16.0. The van der Waals surface area contributed by atoms with Gasteiger partial charge in [0.05, 0.1) is 12.7 Å². The van der Waals surface area contributed by atoms with E-state index in [1.165, 1.54) is 12.1 Å². The minimum atomic E-state index is -0.307. The molecule has 0 aliphatic carbocycles. The van der Waals surface area contributed by atoms with Gasteiger partial charge >= 0.3 is 0 Å². The molecule has 0 N–H and O–H groups in total. The average Bonchev–Trinajstić information content (AvgIpc) is 3.21. The fourth-order valence-electron chi connectivity index (χ4n) is 3.14. The number of amides is 1. The summed E-state index contributed by atoms with van der Waals surface area (Å²) in [6, 6.07) is 13.5. The van der Waals surface area contributed by atoms with Gasteiger partial charge in [-0.2, -0.15) is 0 Å². The zero-order valence-corrected chi connectivity index (χ0v) is 16.0. The molecule has 29 heavy (non-hydrogen) atoms. The maximum atomic E-state index is 13.0. The van der Waals surface area contributed by atoms with Crippen LogP contribution in [0.1, 0.15) is 12.3 Å². The van der Waals surface area contributed by atoms with Crippen molar-refractivity contribution < 1.29 is 23.1 Å². The minimum Gasteiger partial charge on any atom is -0.486 e. The number of halogens is 1. The quantitative estimate of drug-likeness (QED) is 0.636. The van der Waals surface area contributed by atoms with Crippen molar-refractivity contribution in [1.29, 1.82) is 0 Å². The Morgan fingerprint density at radius 1 is 1.17 bits per heavy atom. The fraction of sp³-hybridized carbons (Fsp3) is 0.273. The van der Waals surface area contributed by atoms with Crippen LogP contribution in [-0.2, 0) is 11.2 Å². The number of nitrogens with zero attached hydrogens (tertiary/aromatic N) is 2. The summed E-state index contributed by atoms with van der Waals surface area (Å²) < 4.78 is 30.3. The molecule has 1 aliphatic rings. The molecule has 2 aromatic carbocycles. The molecule has 0 saturated carbocycles. The summed E-state index contributed by atoms with van der Waals surface area (Å²) in [5.41, 5.74) is 0.739. The largest absolute Gasteiger partial charge is 0.486 e. The summed E-state index contributed by atoms with van der Waals surface area (Å²) in [6.45, 7) is 0.828. The Hall–Kier alpha value is -3.35. The van der Waals surface area contributed by atoms with Crippen LogP contribution in [-0.4, -0.2) is 42.1 Å². The number of rotatable bonds is 6. The Balaban J connectivity index is 1.28. The topological polar surface area (TPSA) is 64.8 Å². The monoisotopic (exact) mass is 396 g/mol. The van der Waals surface area contributed by atoms with E-state index >= 15 is 0 Å². The first-order valence-electron chi connectivity index (χ1n) is 9.41. The molecular formula is C22H21FN2O4. The molecule has 1 aliphatic heterocycles. The molecule has 1 aromatic heterocycles. The summed E-state index contributed by atoms with van der Waals surface area (Å²) >= 11 is 0. The second-order valence-electron chi connectivity index (χ2n) is 6.90. The number of aryl methyl sites for hydroxylation is 1. The van der Waals surface area contributed by atoms with Gasteiger partial charge in [0.1, 0.15) is 12.4 Å². The van der Waals surface area contributed by atoms with Gasteiger partial charge < -0.3 is 18.8 Å². The maximum absolute atomic E-state index is 13.0. The third-order valence-corrected chi connectivity index (χ3v) is 4.71. The Morgan fingerprint density at radius 3 is 2.72 bits per heavy atom. The highest BCUT2D eigenvalue weighted by molar-refractivity contribution is 5.76. The summed E-state index contributed by atoms with van der Waals surface area (Å²) in [7, 11) is 1.74. The van der Waals surface area contributed by atoms with Crippen LogP contribution in [0.3, 0.4) is 0 Å². The van der Waals surface area contributed by atoms with Gasteiger partial charge in [0.25, 0.3) is 0 Å². The van der Waals surface area contributed by atoms with Crippen LogP contribution in [0, 0.1) is 5.82 Å². The molecule has 0 fully saturated rings. The molecule has 150 valence electrons. The van der Waals surface area contributed by atoms with Crippen LogP contribution in [0.5, 0.6) is 11.5 Å². The first-order chi connectivity index (χ1) is 14.1. The normalized spacial score (nSPS) is 15.2. The number of ether oxygens (including phenoxy) is 2. The molecule has 0 spiro atoms. The number of carbonyl (C=O) groups excluding carboxylic acids is 1. The zero-order chi connectivity index (χ0) is 20.2. The third-order valence-electron chi connectivity index (χ3n) is 4.71. The van der Waals surface area contributed by atoms with Gasteiger partial charge in [-0.1, -0.05) is 12.1 Å². The molecule has 1 amide bonds. The number of para-hydroxylation sites is 2. The third kappa shape index (κ3) is 4.56. The highest BCUT2D eigenvalue weighted by atomic mass is 19.1. The summed E-state index contributed by atoms with van der Waals surface area (Å²) in [5, 5.41) is 0. The molecule has 4 rings (SSSR count). The second kappa shape index (κ2) is 8.34. The predicted molar refractivity (Wildman–Crippen MR) is 104 cm³/mol. The van der Waals surface area contributed by atoms with E-state index in [-0.39, 0.29) is 24.2 Å². The Morgan fingerprint density at radius 2 is 1.93 bits per heavy atom. The number of carbonyl (C=O) groups is 1.